The predicted molar refractivity (Wildman–Crippen MR) is 30.4 cm³/mol. The number of carbonyl (C=O) groups is 1. The van der Waals surface area contributed by atoms with E-state index in [1.807, 2.05) is 0 Å². The molecule has 0 N–H and O–H groups in total. The second-order valence-electron chi connectivity index (χ2n) is 1.27. The fourth-order valence-corrected chi connectivity index (χ4v) is 0.303. The molecule has 5 heteroatoms. The van der Waals surface area contributed by atoms with Crippen molar-refractivity contribution < 1.29 is 14.7 Å². The van der Waals surface area contributed by atoms with E-state index < -0.39 is 11.7 Å². The molecular formula is C5H5N2O3. The molecule has 5 nitrogen and oxygen atoms in total. The van der Waals surface area contributed by atoms with Crippen LogP contribution in [0.4, 0.5) is 0 Å². The van der Waals surface area contributed by atoms with Crippen LogP contribution in [0.25, 0.3) is 0 Å². The van der Waals surface area contributed by atoms with Crippen LogP contribution in [-0.4, -0.2) is 18.3 Å². The largest absolute Gasteiger partial charge is 0.461 e. The van der Waals surface area contributed by atoms with Crippen molar-refractivity contribution in [2.24, 2.45) is 5.16 Å². The summed E-state index contributed by atoms with van der Waals surface area (Å²) in [5.41, 5.74) is -0.748. The third-order valence-electron chi connectivity index (χ3n) is 0.666. The summed E-state index contributed by atoms with van der Waals surface area (Å²) in [6, 6.07) is 1.30. The minimum atomic E-state index is -0.972. The molecule has 0 atom stereocenters. The highest BCUT2D eigenvalue weighted by Crippen LogP contribution is 1.82. The molecule has 53 valence electrons. The highest BCUT2D eigenvalue weighted by molar-refractivity contribution is 6.42. The number of carbonyl (C=O) groups excluding carboxylic acids is 1. The number of nitriles is 1. The lowest BCUT2D eigenvalue weighted by Gasteiger charge is -1.93. The van der Waals surface area contributed by atoms with Crippen LogP contribution in [-0.2, 0) is 14.7 Å². The molecule has 0 aliphatic heterocycles. The van der Waals surface area contributed by atoms with Gasteiger partial charge in [-0.05, 0) is 12.1 Å². The monoisotopic (exact) mass is 141 g/mol. The summed E-state index contributed by atoms with van der Waals surface area (Å²) in [5.74, 6) is -0.972. The quantitative estimate of drug-likeness (QED) is 0.305. The summed E-state index contributed by atoms with van der Waals surface area (Å²) < 4.78 is 4.29. The molecule has 10 heavy (non-hydrogen) atoms. The molecule has 0 saturated heterocycles. The molecule has 0 bridgehead atoms. The zero-order valence-electron chi connectivity index (χ0n) is 5.33. The van der Waals surface area contributed by atoms with Gasteiger partial charge in [-0.25, -0.2) is 4.79 Å². The molecule has 0 amide bonds. The number of hydrogen-bond acceptors (Lipinski definition) is 4. The number of hydrogen-bond donors (Lipinski definition) is 0. The molecule has 0 aromatic carbocycles. The Kier molecular flexibility index (Phi) is 3.64. The normalized spacial score (nSPS) is 10.2. The zero-order chi connectivity index (χ0) is 7.98. The summed E-state index contributed by atoms with van der Waals surface area (Å²) in [4.78, 5) is 10.4. The van der Waals surface area contributed by atoms with Crippen LogP contribution in [0.1, 0.15) is 6.92 Å². The van der Waals surface area contributed by atoms with E-state index in [-0.39, 0.29) is 6.61 Å². The molecular weight excluding hydrogens is 136 g/mol. The average molecular weight is 141 g/mol. The Balaban J connectivity index is 4.08. The lowest BCUT2D eigenvalue weighted by atomic mass is 10.4. The van der Waals surface area contributed by atoms with Gasteiger partial charge in [0.15, 0.2) is 0 Å². The van der Waals surface area contributed by atoms with Crippen molar-refractivity contribution in [2.45, 2.75) is 6.92 Å². The molecule has 0 fully saturated rings. The van der Waals surface area contributed by atoms with Crippen LogP contribution in [0.15, 0.2) is 5.16 Å². The van der Waals surface area contributed by atoms with E-state index in [9.17, 15) is 10.0 Å². The smallest absolute Gasteiger partial charge is 0.371 e. The first-order chi connectivity index (χ1) is 4.76. The van der Waals surface area contributed by atoms with Gasteiger partial charge in [0.1, 0.15) is 6.07 Å². The van der Waals surface area contributed by atoms with Crippen LogP contribution in [0.2, 0.25) is 0 Å². The molecule has 0 rings (SSSR count). The van der Waals surface area contributed by atoms with E-state index in [1.54, 1.807) is 6.92 Å². The van der Waals surface area contributed by atoms with Gasteiger partial charge in [-0.1, -0.05) is 0 Å². The standard InChI is InChI=1S/C5H5N2O3/c1-2-10-5(8)4(3-6)7-9/h2H2,1H3/b7-4+. The summed E-state index contributed by atoms with van der Waals surface area (Å²) in [5, 5.41) is 19.8. The highest BCUT2D eigenvalue weighted by atomic mass is 16.5. The third kappa shape index (κ3) is 2.13. The lowest BCUT2D eigenvalue weighted by molar-refractivity contribution is -0.135. The first-order valence-electron chi connectivity index (χ1n) is 2.53. The summed E-state index contributed by atoms with van der Waals surface area (Å²) in [6.07, 6.45) is 0. The van der Waals surface area contributed by atoms with Crippen molar-refractivity contribution in [2.75, 3.05) is 6.61 Å². The second kappa shape index (κ2) is 4.32. The maximum absolute atomic E-state index is 10.4. The third-order valence-corrected chi connectivity index (χ3v) is 0.666. The van der Waals surface area contributed by atoms with Gasteiger partial charge >= 0.3 is 5.97 Å². The van der Waals surface area contributed by atoms with Crippen LogP contribution >= 0.6 is 0 Å². The maximum atomic E-state index is 10.4. The van der Waals surface area contributed by atoms with Crippen molar-refractivity contribution in [1.82, 2.24) is 0 Å². The van der Waals surface area contributed by atoms with Gasteiger partial charge < -0.3 is 4.74 Å². The predicted octanol–water partition coefficient (Wildman–Crippen LogP) is -0.140. The van der Waals surface area contributed by atoms with E-state index >= 15 is 0 Å². The maximum Gasteiger partial charge on any atom is 0.371 e. The number of nitrogens with zero attached hydrogens (tertiary/aromatic N) is 2. The van der Waals surface area contributed by atoms with E-state index in [0.29, 0.717) is 0 Å². The van der Waals surface area contributed by atoms with Gasteiger partial charge in [0, 0.05) is 0 Å². The van der Waals surface area contributed by atoms with E-state index in [1.165, 1.54) is 6.07 Å². The Morgan fingerprint density at radius 1 is 1.80 bits per heavy atom. The first kappa shape index (κ1) is 8.43. The van der Waals surface area contributed by atoms with Crippen molar-refractivity contribution in [3.8, 4) is 6.07 Å². The van der Waals surface area contributed by atoms with E-state index in [2.05, 4.69) is 9.89 Å². The lowest BCUT2D eigenvalue weighted by Crippen LogP contribution is -2.15. The minimum Gasteiger partial charge on any atom is -0.461 e. The molecule has 0 unspecified atom stereocenters. The molecule has 0 aromatic rings. The van der Waals surface area contributed by atoms with E-state index in [0.717, 1.165) is 0 Å². The van der Waals surface area contributed by atoms with Gasteiger partial charge in [0.2, 0.25) is 0 Å². The van der Waals surface area contributed by atoms with Gasteiger partial charge in [0.05, 0.1) is 6.61 Å². The highest BCUT2D eigenvalue weighted by Gasteiger charge is 2.11. The van der Waals surface area contributed by atoms with Gasteiger partial charge in [-0.15, -0.1) is 5.21 Å². The van der Waals surface area contributed by atoms with Crippen LogP contribution in [0.5, 0.6) is 0 Å². The molecule has 0 spiro atoms. The molecule has 0 heterocycles. The number of esters is 1. The van der Waals surface area contributed by atoms with Crippen molar-refractivity contribution >= 4 is 11.7 Å². The van der Waals surface area contributed by atoms with E-state index in [4.69, 9.17) is 5.26 Å². The molecule has 1 radical (unpaired) electrons. The zero-order valence-corrected chi connectivity index (χ0v) is 5.33. The summed E-state index contributed by atoms with van der Waals surface area (Å²) in [7, 11) is 0. The fourth-order valence-electron chi connectivity index (χ4n) is 0.303. The van der Waals surface area contributed by atoms with Crippen LogP contribution in [0.3, 0.4) is 0 Å². The summed E-state index contributed by atoms with van der Waals surface area (Å²) in [6.45, 7) is 1.69. The molecule has 0 saturated carbocycles. The molecule has 0 aromatic heterocycles. The minimum absolute atomic E-state index is 0.125. The Labute approximate surface area is 57.5 Å². The Hall–Kier alpha value is -1.57. The summed E-state index contributed by atoms with van der Waals surface area (Å²) >= 11 is 0. The molecule has 0 aliphatic rings. The Morgan fingerprint density at radius 3 is 2.70 bits per heavy atom. The number of ether oxygens (including phenoxy) is 1. The fraction of sp³-hybridized carbons (Fsp3) is 0.400. The van der Waals surface area contributed by atoms with Crippen molar-refractivity contribution in [1.29, 1.82) is 5.26 Å². The van der Waals surface area contributed by atoms with Crippen LogP contribution in [0, 0.1) is 11.3 Å². The average Bonchev–Trinajstić information content (AvgIpc) is 1.91. The van der Waals surface area contributed by atoms with Gasteiger partial charge in [-0.2, -0.15) is 5.26 Å². The SMILES string of the molecule is CCOC(=O)/C(C#N)=N/[O]. The Bertz CT molecular complexity index is 192. The molecule has 0 aliphatic carbocycles. The first-order valence-corrected chi connectivity index (χ1v) is 2.53. The van der Waals surface area contributed by atoms with Crippen molar-refractivity contribution in [3.05, 3.63) is 0 Å². The van der Waals surface area contributed by atoms with Crippen molar-refractivity contribution in [3.63, 3.8) is 0 Å². The second-order valence-corrected chi connectivity index (χ2v) is 1.27. The van der Waals surface area contributed by atoms with Crippen LogP contribution < -0.4 is 0 Å². The topological polar surface area (TPSA) is 82.3 Å². The van der Waals surface area contributed by atoms with Gasteiger partial charge in [0.25, 0.3) is 5.71 Å². The van der Waals surface area contributed by atoms with Gasteiger partial charge in [-0.3, -0.25) is 0 Å². The number of rotatable bonds is 2. The Morgan fingerprint density at radius 2 is 2.40 bits per heavy atom.